The Morgan fingerprint density at radius 2 is 2.39 bits per heavy atom. The van der Waals surface area contributed by atoms with Gasteiger partial charge in [0.05, 0.1) is 13.0 Å². The van der Waals surface area contributed by atoms with Gasteiger partial charge in [-0.25, -0.2) is 15.8 Å². The van der Waals surface area contributed by atoms with Gasteiger partial charge in [0.1, 0.15) is 6.33 Å². The summed E-state index contributed by atoms with van der Waals surface area (Å²) in [5.41, 5.74) is 7.75. The van der Waals surface area contributed by atoms with Crippen LogP contribution in [0.5, 0.6) is 5.75 Å². The Labute approximate surface area is 104 Å². The van der Waals surface area contributed by atoms with Gasteiger partial charge in [-0.05, 0) is 6.42 Å². The molecule has 2 rings (SSSR count). The van der Waals surface area contributed by atoms with E-state index < -0.39 is 0 Å². The third kappa shape index (κ3) is 2.14. The third-order valence-electron chi connectivity index (χ3n) is 3.02. The monoisotopic (exact) mass is 252 g/mol. The quantitative estimate of drug-likeness (QED) is 0.468. The Bertz CT molecular complexity index is 452. The zero-order valence-corrected chi connectivity index (χ0v) is 10.1. The van der Waals surface area contributed by atoms with E-state index in [0.29, 0.717) is 36.9 Å². The summed E-state index contributed by atoms with van der Waals surface area (Å²) >= 11 is 0. The molecule has 0 spiro atoms. The topological polar surface area (TPSA) is 119 Å². The molecule has 1 aromatic rings. The fraction of sp³-hybridized carbons (Fsp3) is 0.500. The van der Waals surface area contributed by atoms with E-state index in [9.17, 15) is 4.79 Å². The van der Waals surface area contributed by atoms with Crippen molar-refractivity contribution in [2.75, 3.05) is 30.5 Å². The van der Waals surface area contributed by atoms with Crippen LogP contribution in [0, 0.1) is 5.92 Å². The molecule has 0 aromatic carbocycles. The SMILES string of the molecule is COc1c(NN)ncnc1N1CCC(C(N)=O)C1. The van der Waals surface area contributed by atoms with Crippen LogP contribution >= 0.6 is 0 Å². The van der Waals surface area contributed by atoms with Gasteiger partial charge in [-0.2, -0.15) is 0 Å². The Balaban J connectivity index is 2.26. The highest BCUT2D eigenvalue weighted by molar-refractivity contribution is 5.78. The second-order valence-electron chi connectivity index (χ2n) is 4.06. The minimum absolute atomic E-state index is 0.154. The number of carbonyl (C=O) groups is 1. The molecule has 18 heavy (non-hydrogen) atoms. The average Bonchev–Trinajstić information content (AvgIpc) is 2.87. The predicted octanol–water partition coefficient (Wildman–Crippen LogP) is -0.918. The highest BCUT2D eigenvalue weighted by atomic mass is 16.5. The molecule has 1 aliphatic heterocycles. The second kappa shape index (κ2) is 5.05. The molecule has 2 heterocycles. The molecular weight excluding hydrogens is 236 g/mol. The summed E-state index contributed by atoms with van der Waals surface area (Å²) in [5, 5.41) is 0. The molecule has 0 aliphatic carbocycles. The number of hydrogen-bond donors (Lipinski definition) is 3. The number of methoxy groups -OCH3 is 1. The van der Waals surface area contributed by atoms with Crippen molar-refractivity contribution in [1.82, 2.24) is 9.97 Å². The van der Waals surface area contributed by atoms with Crippen LogP contribution < -0.4 is 26.6 Å². The van der Waals surface area contributed by atoms with Crippen molar-refractivity contribution >= 4 is 17.5 Å². The fourth-order valence-electron chi connectivity index (χ4n) is 2.07. The Kier molecular flexibility index (Phi) is 3.47. The van der Waals surface area contributed by atoms with Gasteiger partial charge in [0.2, 0.25) is 11.7 Å². The van der Waals surface area contributed by atoms with E-state index in [1.807, 2.05) is 4.90 Å². The van der Waals surface area contributed by atoms with Gasteiger partial charge in [-0.1, -0.05) is 0 Å². The molecule has 98 valence electrons. The summed E-state index contributed by atoms with van der Waals surface area (Å²) in [7, 11) is 1.52. The molecule has 1 atom stereocenters. The van der Waals surface area contributed by atoms with E-state index in [-0.39, 0.29) is 11.8 Å². The minimum Gasteiger partial charge on any atom is -0.490 e. The van der Waals surface area contributed by atoms with Crippen LogP contribution in [0.1, 0.15) is 6.42 Å². The third-order valence-corrected chi connectivity index (χ3v) is 3.02. The number of nitrogen functional groups attached to an aromatic ring is 1. The van der Waals surface area contributed by atoms with E-state index in [4.69, 9.17) is 16.3 Å². The lowest BCUT2D eigenvalue weighted by Crippen LogP contribution is -2.28. The minimum atomic E-state index is -0.289. The molecule has 8 nitrogen and oxygen atoms in total. The number of amides is 1. The first-order chi connectivity index (χ1) is 8.67. The number of aromatic nitrogens is 2. The van der Waals surface area contributed by atoms with Crippen molar-refractivity contribution in [3.8, 4) is 5.75 Å². The van der Waals surface area contributed by atoms with Gasteiger partial charge < -0.3 is 20.8 Å². The lowest BCUT2D eigenvalue weighted by atomic mass is 10.1. The number of primary amides is 1. The number of rotatable bonds is 4. The van der Waals surface area contributed by atoms with E-state index in [2.05, 4.69) is 15.4 Å². The molecule has 0 saturated carbocycles. The van der Waals surface area contributed by atoms with Gasteiger partial charge in [-0.3, -0.25) is 4.79 Å². The predicted molar refractivity (Wildman–Crippen MR) is 65.9 cm³/mol. The number of nitrogens with one attached hydrogen (secondary N) is 1. The number of nitrogens with two attached hydrogens (primary N) is 2. The Morgan fingerprint density at radius 1 is 1.61 bits per heavy atom. The number of hydrazine groups is 1. The summed E-state index contributed by atoms with van der Waals surface area (Å²) in [6.07, 6.45) is 2.11. The molecule has 8 heteroatoms. The van der Waals surface area contributed by atoms with Crippen molar-refractivity contribution in [3.63, 3.8) is 0 Å². The maximum atomic E-state index is 11.2. The van der Waals surface area contributed by atoms with Crippen LogP contribution in [0.3, 0.4) is 0 Å². The van der Waals surface area contributed by atoms with Crippen molar-refractivity contribution in [1.29, 1.82) is 0 Å². The zero-order chi connectivity index (χ0) is 13.1. The number of carbonyl (C=O) groups excluding carboxylic acids is 1. The zero-order valence-electron chi connectivity index (χ0n) is 10.1. The lowest BCUT2D eigenvalue weighted by molar-refractivity contribution is -0.121. The standard InChI is InChI=1S/C10H16N6O2/c1-18-7-9(15-12)13-5-14-10(7)16-3-2-6(4-16)8(11)17/h5-6H,2-4,12H2,1H3,(H2,11,17)(H,13,14,15). The molecule has 1 saturated heterocycles. The normalized spacial score (nSPS) is 18.8. The summed E-state index contributed by atoms with van der Waals surface area (Å²) in [6.45, 7) is 1.23. The smallest absolute Gasteiger partial charge is 0.222 e. The van der Waals surface area contributed by atoms with E-state index in [1.54, 1.807) is 0 Å². The van der Waals surface area contributed by atoms with Crippen molar-refractivity contribution < 1.29 is 9.53 Å². The average molecular weight is 252 g/mol. The molecule has 1 unspecified atom stereocenters. The number of hydrogen-bond acceptors (Lipinski definition) is 7. The second-order valence-corrected chi connectivity index (χ2v) is 4.06. The van der Waals surface area contributed by atoms with Crippen LogP contribution in [0.4, 0.5) is 11.6 Å². The number of ether oxygens (including phenoxy) is 1. The van der Waals surface area contributed by atoms with E-state index in [1.165, 1.54) is 13.4 Å². The molecule has 0 radical (unpaired) electrons. The van der Waals surface area contributed by atoms with Gasteiger partial charge in [0.25, 0.3) is 0 Å². The maximum absolute atomic E-state index is 11.2. The van der Waals surface area contributed by atoms with Crippen LogP contribution in [0.25, 0.3) is 0 Å². The summed E-state index contributed by atoms with van der Waals surface area (Å²) < 4.78 is 5.25. The first-order valence-corrected chi connectivity index (χ1v) is 5.57. The van der Waals surface area contributed by atoms with Crippen molar-refractivity contribution in [2.24, 2.45) is 17.5 Å². The van der Waals surface area contributed by atoms with Crippen molar-refractivity contribution in [2.45, 2.75) is 6.42 Å². The molecule has 5 N–H and O–H groups in total. The Hall–Kier alpha value is -2.09. The summed E-state index contributed by atoms with van der Waals surface area (Å²) in [6, 6.07) is 0. The highest BCUT2D eigenvalue weighted by Gasteiger charge is 2.29. The summed E-state index contributed by atoms with van der Waals surface area (Å²) in [5.74, 6) is 6.40. The molecule has 1 fully saturated rings. The van der Waals surface area contributed by atoms with Crippen LogP contribution in [-0.2, 0) is 4.79 Å². The largest absolute Gasteiger partial charge is 0.490 e. The van der Waals surface area contributed by atoms with Crippen LogP contribution in [0.2, 0.25) is 0 Å². The van der Waals surface area contributed by atoms with Gasteiger partial charge in [0, 0.05) is 13.1 Å². The Morgan fingerprint density at radius 3 is 2.94 bits per heavy atom. The molecule has 1 aliphatic rings. The van der Waals surface area contributed by atoms with Gasteiger partial charge >= 0.3 is 0 Å². The lowest BCUT2D eigenvalue weighted by Gasteiger charge is -2.20. The number of anilines is 2. The van der Waals surface area contributed by atoms with Gasteiger partial charge in [-0.15, -0.1) is 0 Å². The first kappa shape index (κ1) is 12.4. The van der Waals surface area contributed by atoms with E-state index >= 15 is 0 Å². The van der Waals surface area contributed by atoms with Crippen molar-refractivity contribution in [3.05, 3.63) is 6.33 Å². The van der Waals surface area contributed by atoms with Crippen LogP contribution in [0.15, 0.2) is 6.33 Å². The summed E-state index contributed by atoms with van der Waals surface area (Å²) in [4.78, 5) is 21.2. The maximum Gasteiger partial charge on any atom is 0.222 e. The van der Waals surface area contributed by atoms with Crippen LogP contribution in [-0.4, -0.2) is 36.1 Å². The fourth-order valence-corrected chi connectivity index (χ4v) is 2.07. The highest BCUT2D eigenvalue weighted by Crippen LogP contribution is 2.34. The first-order valence-electron chi connectivity index (χ1n) is 5.57. The van der Waals surface area contributed by atoms with Gasteiger partial charge in [0.15, 0.2) is 11.6 Å². The number of nitrogens with zero attached hydrogens (tertiary/aromatic N) is 3. The molecule has 0 bridgehead atoms. The van der Waals surface area contributed by atoms with E-state index in [0.717, 1.165) is 0 Å². The molecular formula is C10H16N6O2. The molecule has 1 aromatic heterocycles. The molecule has 1 amide bonds.